The van der Waals surface area contributed by atoms with Gasteiger partial charge in [-0.25, -0.2) is 4.39 Å². The second-order valence-corrected chi connectivity index (χ2v) is 10.2. The number of carbonyl (C=O) groups excluding carboxylic acids is 2. The van der Waals surface area contributed by atoms with Crippen LogP contribution >= 0.6 is 0 Å². The van der Waals surface area contributed by atoms with E-state index in [1.54, 1.807) is 47.6 Å². The molecule has 2 rings (SSSR count). The number of halogens is 1. The number of hydrogen-bond donors (Lipinski definition) is 0. The molecule has 0 unspecified atom stereocenters. The summed E-state index contributed by atoms with van der Waals surface area (Å²) in [5.74, 6) is -1.60. The molecule has 176 valence electrons. The van der Waals surface area contributed by atoms with Crippen molar-refractivity contribution in [3.05, 3.63) is 47.9 Å². The molecule has 5 nitrogen and oxygen atoms in total. The van der Waals surface area contributed by atoms with Gasteiger partial charge in [0.1, 0.15) is 17.0 Å². The number of hydrogen-bond acceptors (Lipinski definition) is 4. The van der Waals surface area contributed by atoms with Gasteiger partial charge < -0.3 is 14.0 Å². The molecule has 0 bridgehead atoms. The van der Waals surface area contributed by atoms with Crippen molar-refractivity contribution >= 4 is 22.8 Å². The van der Waals surface area contributed by atoms with Crippen LogP contribution in [0.4, 0.5) is 4.39 Å². The smallest absolute Gasteiger partial charge is 0.324 e. The zero-order chi connectivity index (χ0) is 24.3. The Morgan fingerprint density at radius 1 is 0.969 bits per heavy atom. The average molecular weight is 446 g/mol. The standard InChI is InChI=1S/C26H36FNO4/c1-9-10-11-14-26(22(29)31-24(2,3)4,23(30)32-25(5,6)7)17-20-16-18-15-19(27)12-13-21(18)28(20)8/h10-13,15-16H,9,14,17H2,1-8H3/b11-10-. The molecular formula is C26H36FNO4. The van der Waals surface area contributed by atoms with Gasteiger partial charge in [-0.3, -0.25) is 9.59 Å². The summed E-state index contributed by atoms with van der Waals surface area (Å²) in [7, 11) is 1.84. The predicted molar refractivity (Wildman–Crippen MR) is 125 cm³/mol. The van der Waals surface area contributed by atoms with Crippen molar-refractivity contribution < 1.29 is 23.5 Å². The minimum absolute atomic E-state index is 0.0671. The van der Waals surface area contributed by atoms with E-state index in [-0.39, 0.29) is 18.7 Å². The summed E-state index contributed by atoms with van der Waals surface area (Å²) in [5, 5.41) is 0.703. The van der Waals surface area contributed by atoms with Crippen molar-refractivity contribution in [1.29, 1.82) is 0 Å². The fourth-order valence-corrected chi connectivity index (χ4v) is 3.53. The van der Waals surface area contributed by atoms with Gasteiger partial charge in [-0.1, -0.05) is 19.1 Å². The fourth-order valence-electron chi connectivity index (χ4n) is 3.53. The van der Waals surface area contributed by atoms with Crippen LogP contribution in [0.25, 0.3) is 10.9 Å². The van der Waals surface area contributed by atoms with E-state index < -0.39 is 28.6 Å². The van der Waals surface area contributed by atoms with Crippen LogP contribution in [0.1, 0.15) is 67.0 Å². The van der Waals surface area contributed by atoms with Crippen LogP contribution in [0.2, 0.25) is 0 Å². The lowest BCUT2D eigenvalue weighted by molar-refractivity contribution is -0.185. The number of aromatic nitrogens is 1. The lowest BCUT2D eigenvalue weighted by Gasteiger charge is -2.34. The zero-order valence-electron chi connectivity index (χ0n) is 20.5. The van der Waals surface area contributed by atoms with Gasteiger partial charge in [0.2, 0.25) is 0 Å². The Morgan fingerprint density at radius 3 is 2.03 bits per heavy atom. The monoisotopic (exact) mass is 445 g/mol. The third kappa shape index (κ3) is 6.21. The molecule has 0 N–H and O–H groups in total. The number of aryl methyl sites for hydroxylation is 1. The first kappa shape index (κ1) is 25.6. The molecule has 0 saturated carbocycles. The van der Waals surface area contributed by atoms with E-state index in [2.05, 4.69) is 0 Å². The first-order valence-electron chi connectivity index (χ1n) is 11.0. The highest BCUT2D eigenvalue weighted by Gasteiger charge is 2.51. The lowest BCUT2D eigenvalue weighted by atomic mass is 9.79. The number of nitrogens with zero attached hydrogens (tertiary/aromatic N) is 1. The molecule has 0 fully saturated rings. The van der Waals surface area contributed by atoms with Crippen molar-refractivity contribution in [2.75, 3.05) is 0 Å². The highest BCUT2D eigenvalue weighted by atomic mass is 19.1. The van der Waals surface area contributed by atoms with E-state index in [0.717, 1.165) is 11.9 Å². The Kier molecular flexibility index (Phi) is 7.59. The summed E-state index contributed by atoms with van der Waals surface area (Å²) in [4.78, 5) is 27.1. The van der Waals surface area contributed by atoms with Crippen LogP contribution in [0.5, 0.6) is 0 Å². The second kappa shape index (κ2) is 9.47. The van der Waals surface area contributed by atoms with Gasteiger partial charge in [0.05, 0.1) is 0 Å². The van der Waals surface area contributed by atoms with Gasteiger partial charge in [-0.15, -0.1) is 0 Å². The Balaban J connectivity index is 2.65. The van der Waals surface area contributed by atoms with Gasteiger partial charge in [0.25, 0.3) is 0 Å². The molecule has 0 aliphatic heterocycles. The topological polar surface area (TPSA) is 57.5 Å². The van der Waals surface area contributed by atoms with E-state index in [9.17, 15) is 14.0 Å². The molecule has 32 heavy (non-hydrogen) atoms. The summed E-state index contributed by atoms with van der Waals surface area (Å²) in [5.41, 5.74) is -1.60. The molecule has 1 aromatic carbocycles. The van der Waals surface area contributed by atoms with Gasteiger partial charge in [-0.2, -0.15) is 0 Å². The highest BCUT2D eigenvalue weighted by Crippen LogP contribution is 2.36. The van der Waals surface area contributed by atoms with Gasteiger partial charge in [-0.05, 0) is 78.6 Å². The number of allylic oxidation sites excluding steroid dienone is 2. The molecule has 6 heteroatoms. The minimum atomic E-state index is -1.58. The van der Waals surface area contributed by atoms with Crippen molar-refractivity contribution in [3.63, 3.8) is 0 Å². The number of esters is 2. The molecule has 0 amide bonds. The maximum atomic E-state index is 13.8. The van der Waals surface area contributed by atoms with Crippen LogP contribution in [-0.2, 0) is 32.5 Å². The zero-order valence-corrected chi connectivity index (χ0v) is 20.5. The van der Waals surface area contributed by atoms with E-state index >= 15 is 0 Å². The number of fused-ring (bicyclic) bond motifs is 1. The largest absolute Gasteiger partial charge is 0.459 e. The Morgan fingerprint density at radius 2 is 1.53 bits per heavy atom. The average Bonchev–Trinajstić information content (AvgIpc) is 2.92. The predicted octanol–water partition coefficient (Wildman–Crippen LogP) is 5.89. The molecule has 0 radical (unpaired) electrons. The van der Waals surface area contributed by atoms with Crippen LogP contribution < -0.4 is 0 Å². The fraction of sp³-hybridized carbons (Fsp3) is 0.538. The van der Waals surface area contributed by atoms with Gasteiger partial charge >= 0.3 is 11.9 Å². The molecule has 0 aliphatic carbocycles. The lowest BCUT2D eigenvalue weighted by Crippen LogP contribution is -2.48. The minimum Gasteiger partial charge on any atom is -0.459 e. The van der Waals surface area contributed by atoms with Crippen LogP contribution in [-0.4, -0.2) is 27.7 Å². The third-order valence-corrected chi connectivity index (χ3v) is 5.03. The molecule has 0 spiro atoms. The Labute approximate surface area is 190 Å². The summed E-state index contributed by atoms with van der Waals surface area (Å²) < 4.78 is 27.1. The molecule has 0 atom stereocenters. The third-order valence-electron chi connectivity index (χ3n) is 5.03. The molecule has 1 aromatic heterocycles. The maximum absolute atomic E-state index is 13.8. The maximum Gasteiger partial charge on any atom is 0.324 e. The van der Waals surface area contributed by atoms with E-state index in [0.29, 0.717) is 11.1 Å². The van der Waals surface area contributed by atoms with Crippen LogP contribution in [0.3, 0.4) is 0 Å². The molecule has 0 aliphatic rings. The van der Waals surface area contributed by atoms with Gasteiger partial charge in [0, 0.05) is 30.1 Å². The normalized spacial score (nSPS) is 13.0. The molecule has 1 heterocycles. The summed E-state index contributed by atoms with van der Waals surface area (Å²) >= 11 is 0. The van der Waals surface area contributed by atoms with Crippen LogP contribution in [0.15, 0.2) is 36.4 Å². The number of ether oxygens (including phenoxy) is 2. The Hall–Kier alpha value is -2.63. The number of rotatable bonds is 7. The van der Waals surface area contributed by atoms with Crippen molar-refractivity contribution in [2.45, 2.75) is 78.9 Å². The quantitative estimate of drug-likeness (QED) is 0.303. The first-order chi connectivity index (χ1) is 14.7. The molecule has 2 aromatic rings. The number of benzene rings is 1. The van der Waals surface area contributed by atoms with Crippen molar-refractivity contribution in [1.82, 2.24) is 4.57 Å². The van der Waals surface area contributed by atoms with Crippen molar-refractivity contribution in [3.8, 4) is 0 Å². The molecular weight excluding hydrogens is 409 g/mol. The summed E-state index contributed by atoms with van der Waals surface area (Å²) in [6.07, 6.45) is 4.72. The van der Waals surface area contributed by atoms with E-state index in [1.165, 1.54) is 12.1 Å². The number of carbonyl (C=O) groups is 2. The van der Waals surface area contributed by atoms with Crippen molar-refractivity contribution in [2.24, 2.45) is 12.5 Å². The van der Waals surface area contributed by atoms with E-state index in [1.807, 2.05) is 36.8 Å². The van der Waals surface area contributed by atoms with E-state index in [4.69, 9.17) is 9.47 Å². The SMILES string of the molecule is CC/C=C\CC(Cc1cc2cc(F)ccc2n1C)(C(=O)OC(C)(C)C)C(=O)OC(C)(C)C. The summed E-state index contributed by atoms with van der Waals surface area (Å²) in [6, 6.07) is 6.34. The summed E-state index contributed by atoms with van der Waals surface area (Å²) in [6.45, 7) is 12.6. The highest BCUT2D eigenvalue weighted by molar-refractivity contribution is 6.01. The molecule has 0 saturated heterocycles. The second-order valence-electron chi connectivity index (χ2n) is 10.2. The first-order valence-corrected chi connectivity index (χ1v) is 11.0. The van der Waals surface area contributed by atoms with Gasteiger partial charge in [0.15, 0.2) is 5.41 Å². The Bertz CT molecular complexity index is 977. The van der Waals surface area contributed by atoms with Crippen LogP contribution in [0, 0.1) is 11.2 Å².